The van der Waals surface area contributed by atoms with Gasteiger partial charge in [0.1, 0.15) is 5.82 Å². The molecule has 1 heterocycles. The van der Waals surface area contributed by atoms with Crippen LogP contribution in [0.2, 0.25) is 0 Å². The van der Waals surface area contributed by atoms with Gasteiger partial charge in [0, 0.05) is 25.4 Å². The smallest absolute Gasteiger partial charge is 0.111 e. The lowest BCUT2D eigenvalue weighted by Gasteiger charge is -2.13. The van der Waals surface area contributed by atoms with Gasteiger partial charge >= 0.3 is 0 Å². The number of nitrogens with zero attached hydrogens (tertiary/aromatic N) is 2. The minimum Gasteiger partial charge on any atom is -0.388 e. The lowest BCUT2D eigenvalue weighted by atomic mass is 9.99. The Hall–Kier alpha value is -1.61. The molecule has 0 radical (unpaired) electrons. The summed E-state index contributed by atoms with van der Waals surface area (Å²) in [5.41, 5.74) is 2.29. The fraction of sp³-hybridized carbons (Fsp3) is 0.471. The fourth-order valence-electron chi connectivity index (χ4n) is 2.46. The van der Waals surface area contributed by atoms with Crippen LogP contribution in [0.3, 0.4) is 0 Å². The molecular formula is C17H24N2O. The fourth-order valence-corrected chi connectivity index (χ4v) is 2.46. The molecule has 0 saturated heterocycles. The molecule has 0 amide bonds. The molecule has 108 valence electrons. The van der Waals surface area contributed by atoms with Crippen molar-refractivity contribution in [3.8, 4) is 0 Å². The Morgan fingerprint density at radius 3 is 2.45 bits per heavy atom. The van der Waals surface area contributed by atoms with E-state index in [0.717, 1.165) is 24.4 Å². The summed E-state index contributed by atoms with van der Waals surface area (Å²) in [6.07, 6.45) is 4.89. The largest absolute Gasteiger partial charge is 0.388 e. The number of aliphatic hydroxyl groups is 1. The normalized spacial score (nSPS) is 12.8. The molecule has 0 saturated carbocycles. The Balaban J connectivity index is 2.04. The second kappa shape index (κ2) is 6.71. The Morgan fingerprint density at radius 2 is 1.85 bits per heavy atom. The maximum absolute atomic E-state index is 10.3. The van der Waals surface area contributed by atoms with Gasteiger partial charge in [-0.3, -0.25) is 0 Å². The molecule has 1 aromatic carbocycles. The highest BCUT2D eigenvalue weighted by Gasteiger charge is 2.12. The summed E-state index contributed by atoms with van der Waals surface area (Å²) in [6.45, 7) is 7.40. The van der Waals surface area contributed by atoms with Crippen LogP contribution in [-0.2, 0) is 19.4 Å². The van der Waals surface area contributed by atoms with Crippen molar-refractivity contribution >= 4 is 0 Å². The van der Waals surface area contributed by atoms with E-state index in [1.165, 1.54) is 5.56 Å². The Labute approximate surface area is 121 Å². The molecule has 0 bridgehead atoms. The van der Waals surface area contributed by atoms with Crippen LogP contribution < -0.4 is 0 Å². The zero-order valence-electron chi connectivity index (χ0n) is 12.6. The van der Waals surface area contributed by atoms with E-state index in [0.29, 0.717) is 12.3 Å². The van der Waals surface area contributed by atoms with E-state index >= 15 is 0 Å². The van der Waals surface area contributed by atoms with Crippen molar-refractivity contribution in [2.75, 3.05) is 0 Å². The summed E-state index contributed by atoms with van der Waals surface area (Å²) in [7, 11) is 0. The number of hydrogen-bond donors (Lipinski definition) is 1. The first kappa shape index (κ1) is 14.8. The maximum Gasteiger partial charge on any atom is 0.111 e. The average molecular weight is 272 g/mol. The molecule has 0 aliphatic rings. The molecule has 2 rings (SSSR count). The quantitative estimate of drug-likeness (QED) is 0.875. The van der Waals surface area contributed by atoms with Gasteiger partial charge in [-0.25, -0.2) is 4.98 Å². The van der Waals surface area contributed by atoms with Gasteiger partial charge in [0.2, 0.25) is 0 Å². The molecule has 20 heavy (non-hydrogen) atoms. The molecular weight excluding hydrogens is 248 g/mol. The zero-order valence-corrected chi connectivity index (χ0v) is 12.6. The van der Waals surface area contributed by atoms with E-state index in [-0.39, 0.29) is 0 Å². The number of imidazole rings is 1. The van der Waals surface area contributed by atoms with E-state index in [1.807, 2.05) is 18.3 Å². The van der Waals surface area contributed by atoms with Crippen molar-refractivity contribution in [1.29, 1.82) is 0 Å². The molecule has 1 N–H and O–H groups in total. The summed E-state index contributed by atoms with van der Waals surface area (Å²) in [5.74, 6) is 1.59. The minimum atomic E-state index is -0.490. The molecule has 1 atom stereocenters. The number of rotatable bonds is 6. The van der Waals surface area contributed by atoms with Crippen LogP contribution in [0.4, 0.5) is 0 Å². The van der Waals surface area contributed by atoms with Crippen LogP contribution in [0.5, 0.6) is 0 Å². The highest BCUT2D eigenvalue weighted by molar-refractivity contribution is 5.25. The van der Waals surface area contributed by atoms with Crippen molar-refractivity contribution in [2.24, 2.45) is 5.92 Å². The van der Waals surface area contributed by atoms with E-state index < -0.39 is 6.10 Å². The first-order valence-electron chi connectivity index (χ1n) is 7.37. The number of aryl methyl sites for hydroxylation is 1. The highest BCUT2D eigenvalue weighted by atomic mass is 16.3. The monoisotopic (exact) mass is 272 g/mol. The predicted octanol–water partition coefficient (Wildman–Crippen LogP) is 3.38. The van der Waals surface area contributed by atoms with Gasteiger partial charge < -0.3 is 9.67 Å². The summed E-state index contributed by atoms with van der Waals surface area (Å²) < 4.78 is 2.07. The Kier molecular flexibility index (Phi) is 4.96. The van der Waals surface area contributed by atoms with Crippen molar-refractivity contribution in [3.63, 3.8) is 0 Å². The van der Waals surface area contributed by atoms with Gasteiger partial charge in [-0.15, -0.1) is 0 Å². The summed E-state index contributed by atoms with van der Waals surface area (Å²) in [4.78, 5) is 4.31. The van der Waals surface area contributed by atoms with E-state index in [4.69, 9.17) is 0 Å². The lowest BCUT2D eigenvalue weighted by molar-refractivity contribution is 0.174. The van der Waals surface area contributed by atoms with Crippen molar-refractivity contribution < 1.29 is 5.11 Å². The van der Waals surface area contributed by atoms with Crippen molar-refractivity contribution in [1.82, 2.24) is 9.55 Å². The molecule has 0 fully saturated rings. The van der Waals surface area contributed by atoms with Gasteiger partial charge in [-0.1, -0.05) is 38.1 Å². The third-order valence-corrected chi connectivity index (χ3v) is 3.53. The van der Waals surface area contributed by atoms with Crippen LogP contribution in [0, 0.1) is 5.92 Å². The molecule has 1 unspecified atom stereocenters. The van der Waals surface area contributed by atoms with Gasteiger partial charge in [0.15, 0.2) is 0 Å². The first-order valence-corrected chi connectivity index (χ1v) is 7.37. The van der Waals surface area contributed by atoms with Crippen LogP contribution >= 0.6 is 0 Å². The minimum absolute atomic E-state index is 0.490. The third kappa shape index (κ3) is 3.70. The lowest BCUT2D eigenvalue weighted by Crippen LogP contribution is -2.08. The number of aliphatic hydroxyl groups excluding tert-OH is 1. The Morgan fingerprint density at radius 1 is 1.15 bits per heavy atom. The van der Waals surface area contributed by atoms with E-state index in [9.17, 15) is 5.11 Å². The molecule has 0 aliphatic carbocycles. The van der Waals surface area contributed by atoms with Crippen molar-refractivity contribution in [2.45, 2.75) is 46.3 Å². The average Bonchev–Trinajstić information content (AvgIpc) is 2.86. The maximum atomic E-state index is 10.3. The standard InChI is InChI=1S/C17H24N2O/c1-4-19-10-9-18-17(19)12-16(20)15-7-5-14(6-8-15)11-13(2)3/h5-10,13,16,20H,4,11-12H2,1-3H3. The third-order valence-electron chi connectivity index (χ3n) is 3.53. The van der Waals surface area contributed by atoms with Crippen LogP contribution in [-0.4, -0.2) is 14.7 Å². The SMILES string of the molecule is CCn1ccnc1CC(O)c1ccc(CC(C)C)cc1. The van der Waals surface area contributed by atoms with E-state index in [2.05, 4.69) is 42.5 Å². The highest BCUT2D eigenvalue weighted by Crippen LogP contribution is 2.19. The summed E-state index contributed by atoms with van der Waals surface area (Å²) in [6, 6.07) is 8.29. The Bertz CT molecular complexity index is 528. The van der Waals surface area contributed by atoms with Gasteiger partial charge in [0.05, 0.1) is 6.10 Å². The van der Waals surface area contributed by atoms with Gasteiger partial charge in [-0.2, -0.15) is 0 Å². The molecule has 1 aromatic heterocycles. The van der Waals surface area contributed by atoms with Crippen LogP contribution in [0.15, 0.2) is 36.7 Å². The topological polar surface area (TPSA) is 38.0 Å². The molecule has 0 spiro atoms. The zero-order chi connectivity index (χ0) is 14.5. The second-order valence-corrected chi connectivity index (χ2v) is 5.69. The number of benzene rings is 1. The molecule has 3 heteroatoms. The summed E-state index contributed by atoms with van der Waals surface area (Å²) in [5, 5.41) is 10.3. The van der Waals surface area contributed by atoms with Gasteiger partial charge in [-0.05, 0) is 30.4 Å². The molecule has 0 aliphatic heterocycles. The predicted molar refractivity (Wildman–Crippen MR) is 81.5 cm³/mol. The van der Waals surface area contributed by atoms with Crippen molar-refractivity contribution in [3.05, 3.63) is 53.6 Å². The second-order valence-electron chi connectivity index (χ2n) is 5.69. The molecule has 2 aromatic rings. The molecule has 3 nitrogen and oxygen atoms in total. The number of hydrogen-bond acceptors (Lipinski definition) is 2. The van der Waals surface area contributed by atoms with Crippen LogP contribution in [0.25, 0.3) is 0 Å². The van der Waals surface area contributed by atoms with Crippen LogP contribution in [0.1, 0.15) is 43.8 Å². The van der Waals surface area contributed by atoms with Gasteiger partial charge in [0.25, 0.3) is 0 Å². The first-order chi connectivity index (χ1) is 9.60. The number of aromatic nitrogens is 2. The summed E-state index contributed by atoms with van der Waals surface area (Å²) >= 11 is 0. The van der Waals surface area contributed by atoms with E-state index in [1.54, 1.807) is 6.20 Å².